The number of benzene rings is 2. The lowest BCUT2D eigenvalue weighted by molar-refractivity contribution is 0.113. The third kappa shape index (κ3) is 5.03. The predicted molar refractivity (Wildman–Crippen MR) is 135 cm³/mol. The molecule has 2 N–H and O–H groups in total. The van der Waals surface area contributed by atoms with Gasteiger partial charge in [0, 0.05) is 30.8 Å². The Labute approximate surface area is 204 Å². The van der Waals surface area contributed by atoms with Crippen LogP contribution in [0.3, 0.4) is 0 Å². The molecule has 0 amide bonds. The number of rotatable bonds is 7. The Hall–Kier alpha value is -3.10. The van der Waals surface area contributed by atoms with Crippen molar-refractivity contribution in [2.75, 3.05) is 19.9 Å². The normalized spacial score (nSPS) is 16.7. The summed E-state index contributed by atoms with van der Waals surface area (Å²) < 4.78 is 16.7. The van der Waals surface area contributed by atoms with Gasteiger partial charge in [-0.2, -0.15) is 0 Å². The topological polar surface area (TPSA) is 75.8 Å². The third-order valence-corrected chi connectivity index (χ3v) is 6.76. The molecular formula is C26H29N3O4S. The highest BCUT2D eigenvalue weighted by molar-refractivity contribution is 7.80. The van der Waals surface area contributed by atoms with Gasteiger partial charge in [-0.3, -0.25) is 4.79 Å². The lowest BCUT2D eigenvalue weighted by Crippen LogP contribution is -2.42. The summed E-state index contributed by atoms with van der Waals surface area (Å²) in [6.45, 7) is 4.72. The number of ether oxygens (including phenoxy) is 3. The van der Waals surface area contributed by atoms with Crippen LogP contribution in [0.5, 0.6) is 11.5 Å². The molecule has 3 heterocycles. The fourth-order valence-corrected chi connectivity index (χ4v) is 4.63. The van der Waals surface area contributed by atoms with Gasteiger partial charge in [-0.25, -0.2) is 0 Å². The van der Waals surface area contributed by atoms with Crippen LogP contribution in [0, 0.1) is 0 Å². The first-order chi connectivity index (χ1) is 16.6. The minimum Gasteiger partial charge on any atom is -0.454 e. The van der Waals surface area contributed by atoms with Crippen LogP contribution < -0.4 is 20.3 Å². The second-order valence-electron chi connectivity index (χ2n) is 8.76. The Kier molecular flexibility index (Phi) is 6.69. The van der Waals surface area contributed by atoms with E-state index < -0.39 is 0 Å². The molecule has 2 aliphatic rings. The van der Waals surface area contributed by atoms with Gasteiger partial charge in [-0.15, -0.1) is 0 Å². The molecule has 1 fully saturated rings. The summed E-state index contributed by atoms with van der Waals surface area (Å²) >= 11 is 5.78. The number of hydrogen-bond acceptors (Lipinski definition) is 5. The van der Waals surface area contributed by atoms with Crippen molar-refractivity contribution in [2.45, 2.75) is 45.4 Å². The molecule has 178 valence electrons. The van der Waals surface area contributed by atoms with E-state index in [-0.39, 0.29) is 18.5 Å². The maximum Gasteiger partial charge on any atom is 0.253 e. The molecule has 0 saturated carbocycles. The number of aromatic amines is 1. The molecule has 7 nitrogen and oxygen atoms in total. The fourth-order valence-electron chi connectivity index (χ4n) is 4.42. The fraction of sp³-hybridized carbons (Fsp3) is 0.385. The van der Waals surface area contributed by atoms with E-state index in [2.05, 4.69) is 23.3 Å². The first-order valence-corrected chi connectivity index (χ1v) is 12.2. The van der Waals surface area contributed by atoms with Gasteiger partial charge in [-0.05, 0) is 78.3 Å². The zero-order valence-electron chi connectivity index (χ0n) is 19.3. The second-order valence-corrected chi connectivity index (χ2v) is 9.15. The molecule has 1 atom stereocenters. The van der Waals surface area contributed by atoms with E-state index >= 15 is 0 Å². The van der Waals surface area contributed by atoms with Gasteiger partial charge < -0.3 is 29.4 Å². The number of nitrogens with one attached hydrogen (secondary N) is 2. The van der Waals surface area contributed by atoms with Crippen molar-refractivity contribution in [3.8, 4) is 11.5 Å². The van der Waals surface area contributed by atoms with Crippen molar-refractivity contribution in [2.24, 2.45) is 0 Å². The van der Waals surface area contributed by atoms with E-state index in [0.29, 0.717) is 30.3 Å². The molecule has 0 bridgehead atoms. The number of aromatic nitrogens is 1. The SMILES string of the molecule is CCc1ccc2[nH]c(=O)c(CN(Cc3ccc4c(c3)OCO4)C(=S)NC[C@@H]3CCCO3)cc2c1. The Balaban J connectivity index is 1.40. The molecule has 0 unspecified atom stereocenters. The highest BCUT2D eigenvalue weighted by Crippen LogP contribution is 2.33. The molecular weight excluding hydrogens is 450 g/mol. The van der Waals surface area contributed by atoms with Gasteiger partial charge in [0.2, 0.25) is 6.79 Å². The maximum atomic E-state index is 12.9. The van der Waals surface area contributed by atoms with Crippen molar-refractivity contribution in [1.29, 1.82) is 0 Å². The van der Waals surface area contributed by atoms with Crippen LogP contribution in [0.1, 0.15) is 36.5 Å². The average Bonchev–Trinajstić information content (AvgIpc) is 3.54. The molecule has 0 aliphatic carbocycles. The van der Waals surface area contributed by atoms with E-state index in [0.717, 1.165) is 53.8 Å². The molecule has 1 saturated heterocycles. The van der Waals surface area contributed by atoms with Gasteiger partial charge >= 0.3 is 0 Å². The van der Waals surface area contributed by atoms with E-state index in [1.54, 1.807) is 0 Å². The van der Waals surface area contributed by atoms with Crippen LogP contribution in [0.4, 0.5) is 0 Å². The quantitative estimate of drug-likeness (QED) is 0.498. The number of fused-ring (bicyclic) bond motifs is 2. The van der Waals surface area contributed by atoms with Gasteiger partial charge in [0.1, 0.15) is 0 Å². The second kappa shape index (κ2) is 10.0. The van der Waals surface area contributed by atoms with Gasteiger partial charge in [0.05, 0.1) is 12.6 Å². The van der Waals surface area contributed by atoms with Crippen LogP contribution in [0.2, 0.25) is 0 Å². The molecule has 0 radical (unpaired) electrons. The molecule has 1 aromatic heterocycles. The largest absolute Gasteiger partial charge is 0.454 e. The highest BCUT2D eigenvalue weighted by Gasteiger charge is 2.20. The standard InChI is InChI=1S/C26H29N3O4S/c1-2-17-5-7-22-19(10-17)12-20(25(30)28-22)15-29(26(34)27-13-21-4-3-9-31-21)14-18-6-8-23-24(11-18)33-16-32-23/h5-8,10-12,21H,2-4,9,13-16H2,1H3,(H,27,34)(H,28,30)/t21-/m0/s1. The molecule has 5 rings (SSSR count). The molecule has 2 aliphatic heterocycles. The molecule has 2 aromatic carbocycles. The summed E-state index contributed by atoms with van der Waals surface area (Å²) in [5, 5.41) is 4.97. The summed E-state index contributed by atoms with van der Waals surface area (Å²) in [7, 11) is 0. The van der Waals surface area contributed by atoms with Crippen LogP contribution in [-0.2, 0) is 24.2 Å². The number of aryl methyl sites for hydroxylation is 1. The Bertz CT molecular complexity index is 1250. The van der Waals surface area contributed by atoms with Crippen LogP contribution >= 0.6 is 12.2 Å². The molecule has 8 heteroatoms. The Morgan fingerprint density at radius 2 is 1.97 bits per heavy atom. The highest BCUT2D eigenvalue weighted by atomic mass is 32.1. The number of H-pyrrole nitrogens is 1. The number of nitrogens with zero attached hydrogens (tertiary/aromatic N) is 1. The van der Waals surface area contributed by atoms with E-state index in [4.69, 9.17) is 26.4 Å². The molecule has 3 aromatic rings. The average molecular weight is 480 g/mol. The third-order valence-electron chi connectivity index (χ3n) is 6.36. The van der Waals surface area contributed by atoms with Crippen molar-refractivity contribution in [1.82, 2.24) is 15.2 Å². The van der Waals surface area contributed by atoms with Crippen molar-refractivity contribution < 1.29 is 14.2 Å². The smallest absolute Gasteiger partial charge is 0.253 e. The molecule has 0 spiro atoms. The van der Waals surface area contributed by atoms with E-state index in [1.165, 1.54) is 5.56 Å². The van der Waals surface area contributed by atoms with Crippen molar-refractivity contribution in [3.63, 3.8) is 0 Å². The first kappa shape index (κ1) is 22.7. The predicted octanol–water partition coefficient (Wildman–Crippen LogP) is 3.87. The summed E-state index contributed by atoms with van der Waals surface area (Å²) in [5.41, 5.74) is 3.66. The summed E-state index contributed by atoms with van der Waals surface area (Å²) in [6, 6.07) is 14.0. The number of pyridine rings is 1. The lowest BCUT2D eigenvalue weighted by Gasteiger charge is -2.27. The zero-order valence-corrected chi connectivity index (χ0v) is 20.1. The Morgan fingerprint density at radius 3 is 2.79 bits per heavy atom. The first-order valence-electron chi connectivity index (χ1n) is 11.8. The maximum absolute atomic E-state index is 12.9. The van der Waals surface area contributed by atoms with E-state index in [9.17, 15) is 4.79 Å². The summed E-state index contributed by atoms with van der Waals surface area (Å²) in [5.74, 6) is 1.47. The molecule has 34 heavy (non-hydrogen) atoms. The van der Waals surface area contributed by atoms with Gasteiger partial charge in [-0.1, -0.05) is 19.1 Å². The number of thiocarbonyl (C=S) groups is 1. The monoisotopic (exact) mass is 479 g/mol. The van der Waals surface area contributed by atoms with Crippen molar-refractivity contribution >= 4 is 28.2 Å². The Morgan fingerprint density at radius 1 is 1.12 bits per heavy atom. The van der Waals surface area contributed by atoms with E-state index in [1.807, 2.05) is 41.3 Å². The van der Waals surface area contributed by atoms with Crippen LogP contribution in [-0.4, -0.2) is 41.0 Å². The minimum atomic E-state index is -0.102. The zero-order chi connectivity index (χ0) is 23.5. The van der Waals surface area contributed by atoms with Crippen LogP contribution in [0.25, 0.3) is 10.9 Å². The summed E-state index contributed by atoms with van der Waals surface area (Å²) in [4.78, 5) is 18.0. The number of hydrogen-bond donors (Lipinski definition) is 2. The lowest BCUT2D eigenvalue weighted by atomic mass is 10.1. The summed E-state index contributed by atoms with van der Waals surface area (Å²) in [6.07, 6.45) is 3.22. The minimum absolute atomic E-state index is 0.102. The van der Waals surface area contributed by atoms with Gasteiger partial charge in [0.25, 0.3) is 5.56 Å². The van der Waals surface area contributed by atoms with Crippen LogP contribution in [0.15, 0.2) is 47.3 Å². The van der Waals surface area contributed by atoms with Gasteiger partial charge in [0.15, 0.2) is 16.6 Å². The van der Waals surface area contributed by atoms with Crippen molar-refractivity contribution in [3.05, 3.63) is 69.5 Å².